The summed E-state index contributed by atoms with van der Waals surface area (Å²) < 4.78 is 5.38. The van der Waals surface area contributed by atoms with Crippen LogP contribution in [0.1, 0.15) is 24.8 Å². The molecule has 1 aromatic rings. The summed E-state index contributed by atoms with van der Waals surface area (Å²) in [6.45, 7) is 0.551. The summed E-state index contributed by atoms with van der Waals surface area (Å²) in [7, 11) is 0. The van der Waals surface area contributed by atoms with Gasteiger partial charge in [0.15, 0.2) is 0 Å². The van der Waals surface area contributed by atoms with Gasteiger partial charge < -0.3 is 14.7 Å². The van der Waals surface area contributed by atoms with Crippen molar-refractivity contribution in [2.75, 3.05) is 18.1 Å². The van der Waals surface area contributed by atoms with Gasteiger partial charge in [-0.3, -0.25) is 9.59 Å². The molecule has 1 amide bonds. The van der Waals surface area contributed by atoms with Gasteiger partial charge in [-0.25, -0.2) is 0 Å². The van der Waals surface area contributed by atoms with E-state index in [9.17, 15) is 9.59 Å². The Morgan fingerprint density at radius 3 is 2.81 bits per heavy atom. The average molecular weight is 288 g/mol. The third kappa shape index (κ3) is 3.58. The van der Waals surface area contributed by atoms with Crippen LogP contribution in [0.3, 0.4) is 0 Å². The second kappa shape index (κ2) is 6.86. The summed E-state index contributed by atoms with van der Waals surface area (Å²) in [6.07, 6.45) is 0.698. The van der Waals surface area contributed by atoms with Gasteiger partial charge in [0, 0.05) is 13.2 Å². The monoisotopic (exact) mass is 288 g/mol. The van der Waals surface area contributed by atoms with Crippen molar-refractivity contribution in [1.29, 1.82) is 5.26 Å². The van der Waals surface area contributed by atoms with Gasteiger partial charge in [0.1, 0.15) is 12.2 Å². The zero-order valence-electron chi connectivity index (χ0n) is 11.5. The molecule has 0 saturated carbocycles. The number of para-hydroxylation sites is 1. The Balaban J connectivity index is 2.28. The van der Waals surface area contributed by atoms with Crippen LogP contribution in [-0.4, -0.2) is 36.2 Å². The van der Waals surface area contributed by atoms with Crippen molar-refractivity contribution in [3.8, 4) is 6.07 Å². The van der Waals surface area contributed by atoms with Gasteiger partial charge in [-0.2, -0.15) is 5.26 Å². The number of hydrogen-bond donors (Lipinski definition) is 1. The maximum absolute atomic E-state index is 12.5. The minimum Gasteiger partial charge on any atom is -0.481 e. The van der Waals surface area contributed by atoms with E-state index >= 15 is 0 Å². The molecule has 0 spiro atoms. The molecule has 2 rings (SSSR count). The largest absolute Gasteiger partial charge is 0.481 e. The van der Waals surface area contributed by atoms with Crippen molar-refractivity contribution in [3.63, 3.8) is 0 Å². The summed E-state index contributed by atoms with van der Waals surface area (Å²) in [5.74, 6) is -1.27. The van der Waals surface area contributed by atoms with Crippen molar-refractivity contribution >= 4 is 17.6 Å². The molecular weight excluding hydrogens is 272 g/mol. The van der Waals surface area contributed by atoms with E-state index in [4.69, 9.17) is 15.1 Å². The minimum absolute atomic E-state index is 0.0206. The molecule has 1 fully saturated rings. The van der Waals surface area contributed by atoms with E-state index in [2.05, 4.69) is 0 Å². The van der Waals surface area contributed by atoms with Crippen LogP contribution < -0.4 is 4.90 Å². The van der Waals surface area contributed by atoms with E-state index in [0.717, 1.165) is 6.42 Å². The average Bonchev–Trinajstić information content (AvgIpc) is 3.01. The lowest BCUT2D eigenvalue weighted by atomic mass is 10.1. The summed E-state index contributed by atoms with van der Waals surface area (Å²) in [5, 5.41) is 18.0. The molecule has 1 aliphatic heterocycles. The van der Waals surface area contributed by atoms with Crippen molar-refractivity contribution in [3.05, 3.63) is 29.8 Å². The van der Waals surface area contributed by atoms with Crippen molar-refractivity contribution in [2.24, 2.45) is 0 Å². The molecule has 1 heterocycles. The number of carbonyl (C=O) groups excluding carboxylic acids is 1. The Bertz CT molecular complexity index is 573. The van der Waals surface area contributed by atoms with E-state index in [0.29, 0.717) is 24.3 Å². The molecule has 1 saturated heterocycles. The molecule has 1 aromatic carbocycles. The number of rotatable bonds is 5. The lowest BCUT2D eigenvalue weighted by Gasteiger charge is -2.25. The predicted molar refractivity (Wildman–Crippen MR) is 74.7 cm³/mol. The quantitative estimate of drug-likeness (QED) is 0.887. The molecule has 1 aliphatic rings. The first-order valence-electron chi connectivity index (χ1n) is 6.77. The molecular formula is C15H16N2O4. The topological polar surface area (TPSA) is 90.6 Å². The summed E-state index contributed by atoms with van der Waals surface area (Å²) in [6, 6.07) is 8.69. The van der Waals surface area contributed by atoms with Crippen LogP contribution >= 0.6 is 0 Å². The Morgan fingerprint density at radius 2 is 2.19 bits per heavy atom. The van der Waals surface area contributed by atoms with Gasteiger partial charge in [-0.15, -0.1) is 0 Å². The molecule has 0 aromatic heterocycles. The minimum atomic E-state index is -0.991. The highest BCUT2D eigenvalue weighted by molar-refractivity contribution is 5.98. The van der Waals surface area contributed by atoms with E-state index in [1.54, 1.807) is 24.3 Å². The maximum Gasteiger partial charge on any atom is 0.305 e. The number of benzene rings is 1. The number of nitrogens with zero attached hydrogens (tertiary/aromatic N) is 2. The standard InChI is InChI=1S/C15H16N2O4/c16-10-11-4-1-2-5-12(11)17(8-7-14(18)19)15(20)13-6-3-9-21-13/h1-2,4-5,13H,3,6-9H2,(H,18,19). The van der Waals surface area contributed by atoms with Crippen LogP contribution in [0.4, 0.5) is 5.69 Å². The summed E-state index contributed by atoms with van der Waals surface area (Å²) in [5.41, 5.74) is 0.774. The van der Waals surface area contributed by atoms with E-state index < -0.39 is 12.1 Å². The number of nitriles is 1. The number of carboxylic acid groups (broad SMARTS) is 1. The summed E-state index contributed by atoms with van der Waals surface area (Å²) >= 11 is 0. The number of ether oxygens (including phenoxy) is 1. The second-order valence-corrected chi connectivity index (χ2v) is 4.76. The molecule has 1 atom stereocenters. The van der Waals surface area contributed by atoms with Crippen LogP contribution in [0.25, 0.3) is 0 Å². The predicted octanol–water partition coefficient (Wildman–Crippen LogP) is 1.54. The van der Waals surface area contributed by atoms with Gasteiger partial charge in [0.2, 0.25) is 0 Å². The van der Waals surface area contributed by atoms with Gasteiger partial charge in [-0.1, -0.05) is 12.1 Å². The van der Waals surface area contributed by atoms with Crippen LogP contribution in [0.15, 0.2) is 24.3 Å². The highest BCUT2D eigenvalue weighted by Gasteiger charge is 2.30. The Morgan fingerprint density at radius 1 is 1.43 bits per heavy atom. The van der Waals surface area contributed by atoms with Crippen LogP contribution in [0.2, 0.25) is 0 Å². The first-order chi connectivity index (χ1) is 10.1. The molecule has 6 nitrogen and oxygen atoms in total. The molecule has 0 radical (unpaired) electrons. The van der Waals surface area contributed by atoms with Gasteiger partial charge in [0.25, 0.3) is 5.91 Å². The lowest BCUT2D eigenvalue weighted by Crippen LogP contribution is -2.40. The number of amides is 1. The van der Waals surface area contributed by atoms with Crippen LogP contribution in [0.5, 0.6) is 0 Å². The Kier molecular flexibility index (Phi) is 4.90. The van der Waals surface area contributed by atoms with E-state index in [-0.39, 0.29) is 18.9 Å². The molecule has 6 heteroatoms. The third-order valence-corrected chi connectivity index (χ3v) is 3.34. The van der Waals surface area contributed by atoms with Crippen molar-refractivity contribution < 1.29 is 19.4 Å². The second-order valence-electron chi connectivity index (χ2n) is 4.76. The number of hydrogen-bond acceptors (Lipinski definition) is 4. The van der Waals surface area contributed by atoms with Gasteiger partial charge in [0.05, 0.1) is 17.7 Å². The first kappa shape index (κ1) is 15.0. The van der Waals surface area contributed by atoms with Crippen LogP contribution in [0, 0.1) is 11.3 Å². The molecule has 21 heavy (non-hydrogen) atoms. The lowest BCUT2D eigenvalue weighted by molar-refractivity contribution is -0.136. The molecule has 1 N–H and O–H groups in total. The number of aliphatic carboxylic acids is 1. The van der Waals surface area contributed by atoms with Gasteiger partial charge >= 0.3 is 5.97 Å². The Labute approximate surface area is 122 Å². The molecule has 0 aliphatic carbocycles. The number of anilines is 1. The summed E-state index contributed by atoms with van der Waals surface area (Å²) in [4.78, 5) is 24.7. The van der Waals surface area contributed by atoms with Gasteiger partial charge in [-0.05, 0) is 25.0 Å². The fraction of sp³-hybridized carbons (Fsp3) is 0.400. The first-order valence-corrected chi connectivity index (χ1v) is 6.77. The van der Waals surface area contributed by atoms with Crippen LogP contribution in [-0.2, 0) is 14.3 Å². The number of carbonyl (C=O) groups is 2. The smallest absolute Gasteiger partial charge is 0.305 e. The SMILES string of the molecule is N#Cc1ccccc1N(CCC(=O)O)C(=O)C1CCCO1. The zero-order valence-corrected chi connectivity index (χ0v) is 11.5. The fourth-order valence-electron chi connectivity index (χ4n) is 2.31. The zero-order chi connectivity index (χ0) is 15.2. The number of carboxylic acids is 1. The molecule has 1 unspecified atom stereocenters. The van der Waals surface area contributed by atoms with E-state index in [1.807, 2.05) is 6.07 Å². The molecule has 0 bridgehead atoms. The van der Waals surface area contributed by atoms with E-state index in [1.165, 1.54) is 4.90 Å². The highest BCUT2D eigenvalue weighted by atomic mass is 16.5. The molecule has 110 valence electrons. The third-order valence-electron chi connectivity index (χ3n) is 3.34. The van der Waals surface area contributed by atoms with Crippen molar-refractivity contribution in [1.82, 2.24) is 0 Å². The normalized spacial score (nSPS) is 17.2. The Hall–Kier alpha value is -2.39. The maximum atomic E-state index is 12.5. The van der Waals surface area contributed by atoms with Crippen molar-refractivity contribution in [2.45, 2.75) is 25.4 Å². The fourth-order valence-corrected chi connectivity index (χ4v) is 2.31. The highest BCUT2D eigenvalue weighted by Crippen LogP contribution is 2.24.